The van der Waals surface area contributed by atoms with E-state index in [2.05, 4.69) is 5.32 Å². The topological polar surface area (TPSA) is 71.4 Å². The zero-order chi connectivity index (χ0) is 15.5. The quantitative estimate of drug-likeness (QED) is 0.923. The van der Waals surface area contributed by atoms with E-state index >= 15 is 0 Å². The number of hydrogen-bond donors (Lipinski definition) is 1. The summed E-state index contributed by atoms with van der Waals surface area (Å²) in [5.74, 6) is 0.872. The normalized spacial score (nSPS) is 12.4. The second-order valence-electron chi connectivity index (χ2n) is 4.62. The lowest BCUT2D eigenvalue weighted by Crippen LogP contribution is -2.17. The maximum absolute atomic E-state index is 12.3. The van der Waals surface area contributed by atoms with Crippen molar-refractivity contribution < 1.29 is 14.3 Å². The van der Waals surface area contributed by atoms with Gasteiger partial charge in [0.2, 0.25) is 0 Å². The second-order valence-corrected chi connectivity index (χ2v) is 5.03. The molecule has 1 amide bonds. The molecule has 0 aromatic heterocycles. The largest absolute Gasteiger partial charge is 0.486 e. The summed E-state index contributed by atoms with van der Waals surface area (Å²) in [4.78, 5) is 12.3. The third-order valence-corrected chi connectivity index (χ3v) is 3.48. The fourth-order valence-corrected chi connectivity index (χ4v) is 2.24. The van der Waals surface area contributed by atoms with Gasteiger partial charge in [-0.1, -0.05) is 11.6 Å². The van der Waals surface area contributed by atoms with Gasteiger partial charge in [0.1, 0.15) is 19.3 Å². The summed E-state index contributed by atoms with van der Waals surface area (Å²) in [5.41, 5.74) is 1.25. The Morgan fingerprint density at radius 2 is 1.91 bits per heavy atom. The predicted molar refractivity (Wildman–Crippen MR) is 81.6 cm³/mol. The van der Waals surface area contributed by atoms with Gasteiger partial charge < -0.3 is 14.8 Å². The molecule has 2 aromatic rings. The van der Waals surface area contributed by atoms with Crippen LogP contribution in [0.1, 0.15) is 15.9 Å². The van der Waals surface area contributed by atoms with Crippen molar-refractivity contribution in [2.45, 2.75) is 0 Å². The molecule has 0 aliphatic carbocycles. The number of halogens is 1. The van der Waals surface area contributed by atoms with E-state index < -0.39 is 0 Å². The van der Waals surface area contributed by atoms with Crippen LogP contribution in [0.3, 0.4) is 0 Å². The summed E-state index contributed by atoms with van der Waals surface area (Å²) < 4.78 is 10.9. The summed E-state index contributed by atoms with van der Waals surface area (Å²) in [6, 6.07) is 11.7. The highest BCUT2D eigenvalue weighted by Gasteiger charge is 2.15. The summed E-state index contributed by atoms with van der Waals surface area (Å²) in [5, 5.41) is 12.0. The smallest absolute Gasteiger partial charge is 0.255 e. The number of amides is 1. The van der Waals surface area contributed by atoms with E-state index in [1.165, 1.54) is 6.07 Å². The molecule has 0 fully saturated rings. The zero-order valence-electron chi connectivity index (χ0n) is 11.4. The third-order valence-electron chi connectivity index (χ3n) is 3.15. The van der Waals surface area contributed by atoms with Gasteiger partial charge in [-0.25, -0.2) is 0 Å². The number of rotatable bonds is 2. The first-order valence-electron chi connectivity index (χ1n) is 6.58. The number of carbonyl (C=O) groups excluding carboxylic acids is 1. The Hall–Kier alpha value is -2.71. The number of anilines is 1. The van der Waals surface area contributed by atoms with Crippen LogP contribution >= 0.6 is 11.6 Å². The molecule has 110 valence electrons. The summed E-state index contributed by atoms with van der Waals surface area (Å²) >= 11 is 5.86. The van der Waals surface area contributed by atoms with Crippen molar-refractivity contribution in [1.29, 1.82) is 5.26 Å². The van der Waals surface area contributed by atoms with Crippen LogP contribution in [0.2, 0.25) is 5.02 Å². The van der Waals surface area contributed by atoms with E-state index in [1.807, 2.05) is 6.07 Å². The number of ether oxygens (including phenoxy) is 2. The first kappa shape index (κ1) is 14.2. The van der Waals surface area contributed by atoms with Crippen LogP contribution in [0.5, 0.6) is 11.5 Å². The highest BCUT2D eigenvalue weighted by Crippen LogP contribution is 2.31. The van der Waals surface area contributed by atoms with Gasteiger partial charge in [0, 0.05) is 11.3 Å². The molecule has 22 heavy (non-hydrogen) atoms. The summed E-state index contributed by atoms with van der Waals surface area (Å²) in [7, 11) is 0. The molecule has 0 saturated carbocycles. The Bertz CT molecular complexity index is 783. The van der Waals surface area contributed by atoms with Crippen molar-refractivity contribution in [3.63, 3.8) is 0 Å². The van der Waals surface area contributed by atoms with Gasteiger partial charge in [-0.05, 0) is 36.4 Å². The van der Waals surface area contributed by atoms with Gasteiger partial charge in [0.25, 0.3) is 5.91 Å². The minimum atomic E-state index is -0.303. The van der Waals surface area contributed by atoms with Crippen LogP contribution in [0.15, 0.2) is 36.4 Å². The number of nitrogens with one attached hydrogen (secondary N) is 1. The molecule has 1 N–H and O–H groups in total. The van der Waals surface area contributed by atoms with Crippen molar-refractivity contribution in [2.75, 3.05) is 18.5 Å². The molecule has 0 unspecified atom stereocenters. The lowest BCUT2D eigenvalue weighted by molar-refractivity contribution is 0.102. The van der Waals surface area contributed by atoms with Gasteiger partial charge in [-0.2, -0.15) is 5.26 Å². The Labute approximate surface area is 132 Å². The van der Waals surface area contributed by atoms with E-state index in [0.717, 1.165) is 0 Å². The molecule has 0 atom stereocenters. The van der Waals surface area contributed by atoms with Gasteiger partial charge in [0.05, 0.1) is 10.6 Å². The van der Waals surface area contributed by atoms with Crippen molar-refractivity contribution in [3.05, 3.63) is 52.5 Å². The Morgan fingerprint density at radius 3 is 2.68 bits per heavy atom. The molecule has 2 aromatic carbocycles. The van der Waals surface area contributed by atoms with E-state index in [1.54, 1.807) is 30.3 Å². The lowest BCUT2D eigenvalue weighted by Gasteiger charge is -2.18. The maximum atomic E-state index is 12.3. The number of carbonyl (C=O) groups is 1. The zero-order valence-corrected chi connectivity index (χ0v) is 12.2. The van der Waals surface area contributed by atoms with Crippen molar-refractivity contribution in [1.82, 2.24) is 0 Å². The Morgan fingerprint density at radius 1 is 1.14 bits per heavy atom. The number of benzene rings is 2. The van der Waals surface area contributed by atoms with Crippen molar-refractivity contribution in [2.24, 2.45) is 0 Å². The fourth-order valence-electron chi connectivity index (χ4n) is 2.08. The molecule has 0 spiro atoms. The number of nitrogens with zero attached hydrogens (tertiary/aromatic N) is 1. The number of hydrogen-bond acceptors (Lipinski definition) is 4. The molecule has 1 aliphatic heterocycles. The standard InChI is InChI=1S/C16H11ClN2O3/c17-13-3-2-12(7-11(13)9-18)19-16(20)10-1-4-14-15(8-10)22-6-5-21-14/h1-4,7-8H,5-6H2,(H,19,20). The number of nitriles is 1. The maximum Gasteiger partial charge on any atom is 0.255 e. The van der Waals surface area contributed by atoms with Gasteiger partial charge in [-0.3, -0.25) is 4.79 Å². The molecule has 0 bridgehead atoms. The van der Waals surface area contributed by atoms with E-state index in [-0.39, 0.29) is 5.91 Å². The summed E-state index contributed by atoms with van der Waals surface area (Å²) in [6.07, 6.45) is 0. The Kier molecular flexibility index (Phi) is 3.86. The van der Waals surface area contributed by atoms with Crippen LogP contribution in [0.25, 0.3) is 0 Å². The van der Waals surface area contributed by atoms with E-state index in [0.29, 0.717) is 46.5 Å². The van der Waals surface area contributed by atoms with Crippen LogP contribution in [-0.4, -0.2) is 19.1 Å². The molecule has 1 heterocycles. The average Bonchev–Trinajstić information content (AvgIpc) is 2.56. The highest BCUT2D eigenvalue weighted by molar-refractivity contribution is 6.31. The molecular weight excluding hydrogens is 304 g/mol. The van der Waals surface area contributed by atoms with Gasteiger partial charge in [-0.15, -0.1) is 0 Å². The highest BCUT2D eigenvalue weighted by atomic mass is 35.5. The molecule has 0 radical (unpaired) electrons. The third kappa shape index (κ3) is 2.83. The molecule has 0 saturated heterocycles. The molecule has 6 heteroatoms. The van der Waals surface area contributed by atoms with E-state index in [4.69, 9.17) is 26.3 Å². The van der Waals surface area contributed by atoms with Crippen molar-refractivity contribution in [3.8, 4) is 17.6 Å². The van der Waals surface area contributed by atoms with Crippen LogP contribution in [0.4, 0.5) is 5.69 Å². The van der Waals surface area contributed by atoms with Crippen LogP contribution < -0.4 is 14.8 Å². The monoisotopic (exact) mass is 314 g/mol. The SMILES string of the molecule is N#Cc1cc(NC(=O)c2ccc3c(c2)OCCO3)ccc1Cl. The molecular formula is C16H11ClN2O3. The molecule has 1 aliphatic rings. The predicted octanol–water partition coefficient (Wildman–Crippen LogP) is 3.24. The van der Waals surface area contributed by atoms with Gasteiger partial charge in [0.15, 0.2) is 11.5 Å². The summed E-state index contributed by atoms with van der Waals surface area (Å²) in [6.45, 7) is 0.959. The van der Waals surface area contributed by atoms with E-state index in [9.17, 15) is 4.79 Å². The first-order valence-corrected chi connectivity index (χ1v) is 6.96. The lowest BCUT2D eigenvalue weighted by atomic mass is 10.1. The van der Waals surface area contributed by atoms with Crippen LogP contribution in [-0.2, 0) is 0 Å². The second kappa shape index (κ2) is 5.96. The molecule has 3 rings (SSSR count). The molecule has 5 nitrogen and oxygen atoms in total. The van der Waals surface area contributed by atoms with Crippen LogP contribution in [0, 0.1) is 11.3 Å². The van der Waals surface area contributed by atoms with Gasteiger partial charge >= 0.3 is 0 Å². The average molecular weight is 315 g/mol. The fraction of sp³-hybridized carbons (Fsp3) is 0.125. The van der Waals surface area contributed by atoms with Crippen molar-refractivity contribution >= 4 is 23.2 Å². The Balaban J connectivity index is 1.81. The number of fused-ring (bicyclic) bond motifs is 1. The minimum Gasteiger partial charge on any atom is -0.486 e. The first-order chi connectivity index (χ1) is 10.7. The minimum absolute atomic E-state index is 0.303.